The molecule has 0 atom stereocenters. The SMILES string of the molecule is CC(C)C(=O)C1(CCF)CC1. The molecule has 0 aromatic rings. The smallest absolute Gasteiger partial charge is 0.141 e. The minimum atomic E-state index is -0.349. The number of ketones is 1. The molecule has 2 heteroatoms. The molecule has 0 N–H and O–H groups in total. The Morgan fingerprint density at radius 2 is 2.09 bits per heavy atom. The van der Waals surface area contributed by atoms with Gasteiger partial charge in [0, 0.05) is 11.3 Å². The first-order valence-electron chi connectivity index (χ1n) is 4.23. The summed E-state index contributed by atoms with van der Waals surface area (Å²) in [7, 11) is 0. The second-order valence-corrected chi connectivity index (χ2v) is 3.74. The van der Waals surface area contributed by atoms with Crippen LogP contribution in [0.3, 0.4) is 0 Å². The third-order valence-electron chi connectivity index (χ3n) is 2.47. The summed E-state index contributed by atoms with van der Waals surface area (Å²) in [5.74, 6) is 0.333. The second kappa shape index (κ2) is 2.92. The van der Waals surface area contributed by atoms with Gasteiger partial charge in [-0.15, -0.1) is 0 Å². The third kappa shape index (κ3) is 1.60. The molecule has 1 fully saturated rings. The van der Waals surface area contributed by atoms with Crippen molar-refractivity contribution in [2.45, 2.75) is 33.1 Å². The highest BCUT2D eigenvalue weighted by atomic mass is 19.1. The van der Waals surface area contributed by atoms with Crippen molar-refractivity contribution in [3.8, 4) is 0 Å². The van der Waals surface area contributed by atoms with E-state index in [2.05, 4.69) is 0 Å². The van der Waals surface area contributed by atoms with Crippen LogP contribution in [0.1, 0.15) is 33.1 Å². The lowest BCUT2D eigenvalue weighted by Gasteiger charge is -2.13. The zero-order valence-corrected chi connectivity index (χ0v) is 7.19. The van der Waals surface area contributed by atoms with Gasteiger partial charge in [-0.3, -0.25) is 9.18 Å². The van der Waals surface area contributed by atoms with Crippen molar-refractivity contribution in [2.75, 3.05) is 6.67 Å². The number of halogens is 1. The lowest BCUT2D eigenvalue weighted by molar-refractivity contribution is -0.127. The Balaban J connectivity index is 2.51. The molecule has 1 nitrogen and oxygen atoms in total. The summed E-state index contributed by atoms with van der Waals surface area (Å²) < 4.78 is 12.0. The van der Waals surface area contributed by atoms with Crippen LogP contribution >= 0.6 is 0 Å². The van der Waals surface area contributed by atoms with Crippen LogP contribution in [-0.2, 0) is 4.79 Å². The summed E-state index contributed by atoms with van der Waals surface area (Å²) in [5.41, 5.74) is -0.233. The third-order valence-corrected chi connectivity index (χ3v) is 2.47. The molecule has 1 aliphatic carbocycles. The summed E-state index contributed by atoms with van der Waals surface area (Å²) >= 11 is 0. The number of rotatable bonds is 4. The Bertz CT molecular complexity index is 159. The van der Waals surface area contributed by atoms with E-state index in [-0.39, 0.29) is 23.8 Å². The van der Waals surface area contributed by atoms with Gasteiger partial charge in [0.15, 0.2) is 0 Å². The number of carbonyl (C=O) groups is 1. The maximum Gasteiger partial charge on any atom is 0.141 e. The Hall–Kier alpha value is -0.400. The highest BCUT2D eigenvalue weighted by Crippen LogP contribution is 2.51. The maximum atomic E-state index is 12.0. The van der Waals surface area contributed by atoms with Crippen LogP contribution in [0.25, 0.3) is 0 Å². The minimum absolute atomic E-state index is 0.0732. The highest BCUT2D eigenvalue weighted by molar-refractivity contribution is 5.88. The molecule has 0 bridgehead atoms. The van der Waals surface area contributed by atoms with Crippen LogP contribution in [0.4, 0.5) is 4.39 Å². The molecule has 0 heterocycles. The molecule has 1 aliphatic rings. The van der Waals surface area contributed by atoms with Crippen molar-refractivity contribution in [1.82, 2.24) is 0 Å². The first kappa shape index (κ1) is 8.69. The van der Waals surface area contributed by atoms with Gasteiger partial charge >= 0.3 is 0 Å². The van der Waals surface area contributed by atoms with E-state index in [1.807, 2.05) is 13.8 Å². The Labute approximate surface area is 67.0 Å². The van der Waals surface area contributed by atoms with Crippen LogP contribution in [-0.4, -0.2) is 12.5 Å². The van der Waals surface area contributed by atoms with Crippen molar-refractivity contribution in [3.05, 3.63) is 0 Å². The summed E-state index contributed by atoms with van der Waals surface area (Å²) in [5, 5.41) is 0. The molecule has 64 valence electrons. The quantitative estimate of drug-likeness (QED) is 0.613. The van der Waals surface area contributed by atoms with Gasteiger partial charge in [0.25, 0.3) is 0 Å². The van der Waals surface area contributed by atoms with Gasteiger partial charge in [-0.05, 0) is 19.3 Å². The van der Waals surface area contributed by atoms with Gasteiger partial charge in [-0.25, -0.2) is 0 Å². The maximum absolute atomic E-state index is 12.0. The van der Waals surface area contributed by atoms with Crippen LogP contribution in [0.5, 0.6) is 0 Å². The van der Waals surface area contributed by atoms with Crippen LogP contribution in [0.15, 0.2) is 0 Å². The number of Topliss-reactive ketones (excluding diaryl/α,β-unsaturated/α-hetero) is 1. The number of carbonyl (C=O) groups excluding carboxylic acids is 1. The molecular formula is C9H15FO. The molecular weight excluding hydrogens is 143 g/mol. The zero-order valence-electron chi connectivity index (χ0n) is 7.19. The van der Waals surface area contributed by atoms with E-state index in [0.29, 0.717) is 6.42 Å². The van der Waals surface area contributed by atoms with Gasteiger partial charge in [-0.2, -0.15) is 0 Å². The monoisotopic (exact) mass is 158 g/mol. The molecule has 0 saturated heterocycles. The van der Waals surface area contributed by atoms with Crippen LogP contribution in [0, 0.1) is 11.3 Å². The van der Waals surface area contributed by atoms with E-state index < -0.39 is 0 Å². The Kier molecular flexibility index (Phi) is 2.31. The van der Waals surface area contributed by atoms with Crippen molar-refractivity contribution in [2.24, 2.45) is 11.3 Å². The molecule has 0 radical (unpaired) electrons. The number of alkyl halides is 1. The molecule has 0 aromatic carbocycles. The van der Waals surface area contributed by atoms with Crippen LogP contribution < -0.4 is 0 Å². The highest BCUT2D eigenvalue weighted by Gasteiger charge is 2.49. The summed E-state index contributed by atoms with van der Waals surface area (Å²) in [6, 6.07) is 0. The second-order valence-electron chi connectivity index (χ2n) is 3.74. The molecule has 0 aromatic heterocycles. The standard InChI is InChI=1S/C9H15FO/c1-7(2)8(11)9(3-4-9)5-6-10/h7H,3-6H2,1-2H3. The molecule has 0 spiro atoms. The lowest BCUT2D eigenvalue weighted by Crippen LogP contribution is -2.21. The van der Waals surface area contributed by atoms with E-state index in [1.54, 1.807) is 0 Å². The van der Waals surface area contributed by atoms with Gasteiger partial charge < -0.3 is 0 Å². The van der Waals surface area contributed by atoms with Crippen molar-refractivity contribution >= 4 is 5.78 Å². The largest absolute Gasteiger partial charge is 0.299 e. The predicted molar refractivity (Wildman–Crippen MR) is 42.1 cm³/mol. The summed E-state index contributed by atoms with van der Waals surface area (Å²) in [6.45, 7) is 3.43. The topological polar surface area (TPSA) is 17.1 Å². The van der Waals surface area contributed by atoms with E-state index in [0.717, 1.165) is 12.8 Å². The van der Waals surface area contributed by atoms with Crippen molar-refractivity contribution < 1.29 is 9.18 Å². The molecule has 0 aliphatic heterocycles. The molecule has 0 unspecified atom stereocenters. The van der Waals surface area contributed by atoms with Crippen molar-refractivity contribution in [3.63, 3.8) is 0 Å². The fraction of sp³-hybridized carbons (Fsp3) is 0.889. The summed E-state index contributed by atoms with van der Waals surface area (Å²) in [6.07, 6.45) is 2.27. The van der Waals surface area contributed by atoms with Gasteiger partial charge in [0.1, 0.15) is 5.78 Å². The lowest BCUT2D eigenvalue weighted by atomic mass is 9.90. The van der Waals surface area contributed by atoms with Gasteiger partial charge in [0.05, 0.1) is 6.67 Å². The molecule has 0 amide bonds. The first-order chi connectivity index (χ1) is 5.12. The van der Waals surface area contributed by atoms with E-state index in [9.17, 15) is 9.18 Å². The predicted octanol–water partition coefficient (Wildman–Crippen LogP) is 2.35. The fourth-order valence-electron chi connectivity index (χ4n) is 1.56. The zero-order chi connectivity index (χ0) is 8.48. The van der Waals surface area contributed by atoms with E-state index in [4.69, 9.17) is 0 Å². The average molecular weight is 158 g/mol. The normalized spacial score (nSPS) is 20.4. The number of hydrogen-bond acceptors (Lipinski definition) is 1. The van der Waals surface area contributed by atoms with E-state index >= 15 is 0 Å². The van der Waals surface area contributed by atoms with Gasteiger partial charge in [0.2, 0.25) is 0 Å². The van der Waals surface area contributed by atoms with E-state index in [1.165, 1.54) is 0 Å². The molecule has 1 rings (SSSR count). The summed E-state index contributed by atoms with van der Waals surface area (Å²) in [4.78, 5) is 11.5. The number of hydrogen-bond donors (Lipinski definition) is 0. The molecule has 11 heavy (non-hydrogen) atoms. The minimum Gasteiger partial charge on any atom is -0.299 e. The Morgan fingerprint density at radius 3 is 2.36 bits per heavy atom. The van der Waals surface area contributed by atoms with Crippen LogP contribution in [0.2, 0.25) is 0 Å². The first-order valence-corrected chi connectivity index (χ1v) is 4.23. The van der Waals surface area contributed by atoms with Gasteiger partial charge in [-0.1, -0.05) is 13.8 Å². The molecule has 1 saturated carbocycles. The van der Waals surface area contributed by atoms with Crippen molar-refractivity contribution in [1.29, 1.82) is 0 Å². The Morgan fingerprint density at radius 1 is 1.55 bits per heavy atom. The fourth-order valence-corrected chi connectivity index (χ4v) is 1.56. The average Bonchev–Trinajstić information content (AvgIpc) is 2.69.